The summed E-state index contributed by atoms with van der Waals surface area (Å²) >= 11 is 0. The molecule has 36 heavy (non-hydrogen) atoms. The Balaban J connectivity index is 1.61. The van der Waals surface area contributed by atoms with Crippen LogP contribution < -0.4 is 0 Å². The zero-order valence-electron chi connectivity index (χ0n) is 22.2. The smallest absolute Gasteiger partial charge is 0.0165 e. The van der Waals surface area contributed by atoms with Crippen molar-refractivity contribution in [1.29, 1.82) is 0 Å². The van der Waals surface area contributed by atoms with E-state index in [-0.39, 0.29) is 10.8 Å². The predicted molar refractivity (Wildman–Crippen MR) is 155 cm³/mol. The highest BCUT2D eigenvalue weighted by atomic mass is 14.5. The molecule has 0 aromatic heterocycles. The van der Waals surface area contributed by atoms with Crippen LogP contribution in [0, 0.1) is 10.8 Å². The maximum absolute atomic E-state index is 2.55. The van der Waals surface area contributed by atoms with Gasteiger partial charge in [0.05, 0.1) is 0 Å². The van der Waals surface area contributed by atoms with E-state index in [9.17, 15) is 0 Å². The van der Waals surface area contributed by atoms with E-state index in [1.807, 2.05) is 0 Å². The summed E-state index contributed by atoms with van der Waals surface area (Å²) in [4.78, 5) is 0. The molecule has 4 rings (SSSR count). The lowest BCUT2D eigenvalue weighted by Gasteiger charge is -2.48. The lowest BCUT2D eigenvalue weighted by molar-refractivity contribution is 0.0430. The average Bonchev–Trinajstić information content (AvgIpc) is 2.91. The van der Waals surface area contributed by atoms with Crippen molar-refractivity contribution in [3.8, 4) is 0 Å². The summed E-state index contributed by atoms with van der Waals surface area (Å²) in [6.45, 7) is 5.10. The van der Waals surface area contributed by atoms with Crippen LogP contribution in [0.5, 0.6) is 0 Å². The predicted octanol–water partition coefficient (Wildman–Crippen LogP) is 9.53. The largest absolute Gasteiger partial charge is 0.0622 e. The first-order valence-corrected chi connectivity index (χ1v) is 13.7. The number of rotatable bonds is 13. The van der Waals surface area contributed by atoms with Crippen molar-refractivity contribution in [3.63, 3.8) is 0 Å². The van der Waals surface area contributed by atoms with Crippen molar-refractivity contribution in [2.24, 2.45) is 10.8 Å². The highest BCUT2D eigenvalue weighted by Gasteiger charge is 2.43. The number of hydrogen-bond donors (Lipinski definition) is 0. The molecular weight excluding hydrogens is 432 g/mol. The van der Waals surface area contributed by atoms with E-state index in [4.69, 9.17) is 0 Å². The average molecular weight is 475 g/mol. The van der Waals surface area contributed by atoms with Crippen LogP contribution >= 0.6 is 0 Å². The number of benzene rings is 4. The molecule has 0 bridgehead atoms. The number of hydrogen-bond acceptors (Lipinski definition) is 0. The van der Waals surface area contributed by atoms with Crippen LogP contribution in [0.1, 0.15) is 61.8 Å². The molecule has 4 aromatic carbocycles. The summed E-state index contributed by atoms with van der Waals surface area (Å²) < 4.78 is 0. The van der Waals surface area contributed by atoms with Crippen molar-refractivity contribution >= 4 is 0 Å². The van der Waals surface area contributed by atoms with Gasteiger partial charge >= 0.3 is 0 Å². The van der Waals surface area contributed by atoms with Crippen molar-refractivity contribution in [1.82, 2.24) is 0 Å². The molecule has 0 heterocycles. The van der Waals surface area contributed by atoms with E-state index >= 15 is 0 Å². The van der Waals surface area contributed by atoms with Gasteiger partial charge in [-0.3, -0.25) is 0 Å². The van der Waals surface area contributed by atoms with Gasteiger partial charge in [-0.25, -0.2) is 0 Å². The fourth-order valence-electron chi connectivity index (χ4n) is 5.95. The van der Waals surface area contributed by atoms with Crippen molar-refractivity contribution in [2.75, 3.05) is 0 Å². The molecule has 4 aromatic rings. The third-order valence-electron chi connectivity index (χ3n) is 8.28. The Morgan fingerprint density at radius 1 is 0.417 bits per heavy atom. The second kappa shape index (κ2) is 12.7. The van der Waals surface area contributed by atoms with E-state index in [2.05, 4.69) is 135 Å². The highest BCUT2D eigenvalue weighted by Crippen LogP contribution is 2.51. The maximum Gasteiger partial charge on any atom is -0.0165 e. The Morgan fingerprint density at radius 3 is 1.14 bits per heavy atom. The van der Waals surface area contributed by atoms with Crippen LogP contribution in [-0.4, -0.2) is 0 Å². The molecule has 0 aliphatic carbocycles. The summed E-state index contributed by atoms with van der Waals surface area (Å²) in [6, 6.07) is 44.4. The van der Waals surface area contributed by atoms with Gasteiger partial charge in [-0.1, -0.05) is 135 Å². The van der Waals surface area contributed by atoms with Gasteiger partial charge in [0, 0.05) is 0 Å². The summed E-state index contributed by atoms with van der Waals surface area (Å²) in [6.07, 6.45) is 9.43. The molecule has 0 atom stereocenters. The van der Waals surface area contributed by atoms with Crippen LogP contribution in [-0.2, 0) is 25.7 Å². The molecule has 0 saturated heterocycles. The van der Waals surface area contributed by atoms with Gasteiger partial charge in [0.1, 0.15) is 0 Å². The summed E-state index contributed by atoms with van der Waals surface area (Å²) in [5.74, 6) is 0. The normalized spacial score (nSPS) is 11.9. The van der Waals surface area contributed by atoms with E-state index in [0.29, 0.717) is 0 Å². The minimum absolute atomic E-state index is 0.182. The maximum atomic E-state index is 2.55. The first-order valence-electron chi connectivity index (χ1n) is 13.7. The third-order valence-corrected chi connectivity index (χ3v) is 8.28. The second-order valence-corrected chi connectivity index (χ2v) is 11.2. The van der Waals surface area contributed by atoms with E-state index in [1.54, 1.807) is 0 Å². The van der Waals surface area contributed by atoms with Gasteiger partial charge in [-0.05, 0) is 84.5 Å². The van der Waals surface area contributed by atoms with Gasteiger partial charge < -0.3 is 0 Å². The standard InChI is InChI=1S/C36H42/c1-35(2,27-15-25-31-17-7-3-8-18-31)36(29-33-21-11-5-12-22-33,30-34-23-13-6-14-24-34)28-16-26-32-19-9-4-10-20-32/h3-14,17-24H,15-16,25-30H2,1-2H3. The summed E-state index contributed by atoms with van der Waals surface area (Å²) in [5.41, 5.74) is 6.21. The topological polar surface area (TPSA) is 0 Å². The Kier molecular flexibility index (Phi) is 9.17. The van der Waals surface area contributed by atoms with Crippen LogP contribution in [0.2, 0.25) is 0 Å². The molecule has 0 heteroatoms. The molecule has 0 N–H and O–H groups in total. The van der Waals surface area contributed by atoms with Crippen molar-refractivity contribution < 1.29 is 0 Å². The molecule has 0 radical (unpaired) electrons. The quantitative estimate of drug-likeness (QED) is 0.181. The molecule has 0 nitrogen and oxygen atoms in total. The minimum atomic E-state index is 0.182. The molecular formula is C36H42. The monoisotopic (exact) mass is 474 g/mol. The van der Waals surface area contributed by atoms with E-state index < -0.39 is 0 Å². The molecule has 186 valence electrons. The van der Waals surface area contributed by atoms with E-state index in [1.165, 1.54) is 47.9 Å². The molecule has 0 spiro atoms. The SMILES string of the molecule is CC(C)(CCCc1ccccc1)C(CCCc1ccccc1)(Cc1ccccc1)Cc1ccccc1. The van der Waals surface area contributed by atoms with Crippen LogP contribution in [0.4, 0.5) is 0 Å². The fraction of sp³-hybridized carbons (Fsp3) is 0.333. The second-order valence-electron chi connectivity index (χ2n) is 11.2. The van der Waals surface area contributed by atoms with Gasteiger partial charge in [0.15, 0.2) is 0 Å². The fourth-order valence-corrected chi connectivity index (χ4v) is 5.95. The Morgan fingerprint density at radius 2 is 0.750 bits per heavy atom. The lowest BCUT2D eigenvalue weighted by atomic mass is 9.56. The Labute approximate surface area is 219 Å². The van der Waals surface area contributed by atoms with Gasteiger partial charge in [-0.15, -0.1) is 0 Å². The first-order chi connectivity index (χ1) is 17.6. The zero-order chi connectivity index (χ0) is 25.1. The Hall–Kier alpha value is -3.12. The minimum Gasteiger partial charge on any atom is -0.0622 e. The van der Waals surface area contributed by atoms with E-state index in [0.717, 1.165) is 25.7 Å². The molecule has 0 aliphatic heterocycles. The van der Waals surface area contributed by atoms with Gasteiger partial charge in [0.2, 0.25) is 0 Å². The number of aryl methyl sites for hydroxylation is 2. The molecule has 0 amide bonds. The molecule has 0 unspecified atom stereocenters. The molecule has 0 saturated carbocycles. The van der Waals surface area contributed by atoms with Crippen molar-refractivity contribution in [3.05, 3.63) is 144 Å². The van der Waals surface area contributed by atoms with Crippen molar-refractivity contribution in [2.45, 2.75) is 65.2 Å². The van der Waals surface area contributed by atoms with Gasteiger partial charge in [-0.2, -0.15) is 0 Å². The lowest BCUT2D eigenvalue weighted by Crippen LogP contribution is -2.42. The van der Waals surface area contributed by atoms with Crippen LogP contribution in [0.15, 0.2) is 121 Å². The van der Waals surface area contributed by atoms with Crippen LogP contribution in [0.25, 0.3) is 0 Å². The van der Waals surface area contributed by atoms with Gasteiger partial charge in [0.25, 0.3) is 0 Å². The highest BCUT2D eigenvalue weighted by molar-refractivity contribution is 5.23. The first kappa shape index (κ1) is 26.0. The molecule has 0 aliphatic rings. The Bertz CT molecular complexity index is 1090. The van der Waals surface area contributed by atoms with Crippen LogP contribution in [0.3, 0.4) is 0 Å². The zero-order valence-corrected chi connectivity index (χ0v) is 22.2. The third kappa shape index (κ3) is 7.20. The molecule has 0 fully saturated rings. The summed E-state index contributed by atoms with van der Waals surface area (Å²) in [5, 5.41) is 0. The summed E-state index contributed by atoms with van der Waals surface area (Å²) in [7, 11) is 0.